The highest BCUT2D eigenvalue weighted by atomic mass is 16.3. The molecule has 1 aromatic carbocycles. The minimum absolute atomic E-state index is 0.102. The predicted molar refractivity (Wildman–Crippen MR) is 72.7 cm³/mol. The highest BCUT2D eigenvalue weighted by Gasteiger charge is 2.63. The monoisotopic (exact) mass is 262 g/mol. The van der Waals surface area contributed by atoms with Gasteiger partial charge in [0.05, 0.1) is 23.7 Å². The molecule has 3 aliphatic rings. The van der Waals surface area contributed by atoms with Gasteiger partial charge in [0.25, 0.3) is 0 Å². The Kier molecular flexibility index (Phi) is 2.97. The van der Waals surface area contributed by atoms with Gasteiger partial charge in [-0.05, 0) is 30.2 Å². The summed E-state index contributed by atoms with van der Waals surface area (Å²) in [5.41, 5.74) is -0.153. The summed E-state index contributed by atoms with van der Waals surface area (Å²) in [5.74, 6) is 0. The van der Waals surface area contributed by atoms with Crippen LogP contribution in [-0.4, -0.2) is 33.6 Å². The smallest absolute Gasteiger partial charge is 0.0731 e. The first kappa shape index (κ1) is 13.1. The van der Waals surface area contributed by atoms with Crippen LogP contribution in [0.3, 0.4) is 0 Å². The Morgan fingerprint density at radius 3 is 1.84 bits per heavy atom. The van der Waals surface area contributed by atoms with Crippen molar-refractivity contribution in [1.82, 2.24) is 0 Å². The molecule has 4 rings (SSSR count). The van der Waals surface area contributed by atoms with Crippen LogP contribution in [0.5, 0.6) is 0 Å². The van der Waals surface area contributed by atoms with Crippen LogP contribution in [-0.2, 0) is 5.41 Å². The lowest BCUT2D eigenvalue weighted by molar-refractivity contribution is -0.199. The van der Waals surface area contributed by atoms with Crippen molar-refractivity contribution in [3.63, 3.8) is 0 Å². The number of fused-ring (bicyclic) bond motifs is 3. The summed E-state index contributed by atoms with van der Waals surface area (Å²) in [4.78, 5) is 0. The molecule has 0 amide bonds. The third kappa shape index (κ3) is 1.62. The maximum Gasteiger partial charge on any atom is 0.0731 e. The van der Waals surface area contributed by atoms with Gasteiger partial charge in [-0.25, -0.2) is 0 Å². The Labute approximate surface area is 113 Å². The maximum atomic E-state index is 10.6. The number of benzene rings is 1. The minimum atomic E-state index is -0.905. The lowest BCUT2D eigenvalue weighted by Crippen LogP contribution is -2.68. The van der Waals surface area contributed by atoms with Crippen LogP contribution in [0.1, 0.15) is 38.2 Å². The van der Waals surface area contributed by atoms with Crippen molar-refractivity contribution in [3.05, 3.63) is 35.9 Å². The van der Waals surface area contributed by atoms with E-state index in [2.05, 4.69) is 6.92 Å². The summed E-state index contributed by atoms with van der Waals surface area (Å²) >= 11 is 0. The molecule has 0 spiro atoms. The molecule has 3 fully saturated rings. The van der Waals surface area contributed by atoms with Crippen molar-refractivity contribution in [2.75, 3.05) is 0 Å². The van der Waals surface area contributed by atoms with Crippen molar-refractivity contribution in [1.29, 1.82) is 0 Å². The molecule has 3 atom stereocenters. The molecule has 3 aliphatic carbocycles. The summed E-state index contributed by atoms with van der Waals surface area (Å²) in [7, 11) is 0. The van der Waals surface area contributed by atoms with Crippen LogP contribution < -0.4 is 0 Å². The van der Waals surface area contributed by atoms with Gasteiger partial charge in [-0.2, -0.15) is 0 Å². The summed E-state index contributed by atoms with van der Waals surface area (Å²) in [5, 5.41) is 31.9. The van der Waals surface area contributed by atoms with Gasteiger partial charge in [0.2, 0.25) is 0 Å². The van der Waals surface area contributed by atoms with Gasteiger partial charge >= 0.3 is 0 Å². The van der Waals surface area contributed by atoms with Crippen molar-refractivity contribution in [3.8, 4) is 0 Å². The number of rotatable bonds is 2. The normalized spacial score (nSPS) is 45.4. The molecule has 2 bridgehead atoms. The van der Waals surface area contributed by atoms with Gasteiger partial charge in [0, 0.05) is 0 Å². The Morgan fingerprint density at radius 2 is 1.42 bits per heavy atom. The van der Waals surface area contributed by atoms with E-state index in [-0.39, 0.29) is 5.41 Å². The molecule has 3 saturated carbocycles. The highest BCUT2D eigenvalue weighted by Crippen LogP contribution is 2.58. The molecule has 104 valence electrons. The van der Waals surface area contributed by atoms with Crippen LogP contribution >= 0.6 is 0 Å². The molecule has 1 aromatic rings. The molecule has 0 aromatic heterocycles. The fraction of sp³-hybridized carbons (Fsp3) is 0.625. The Hall–Kier alpha value is -0.900. The molecule has 3 nitrogen and oxygen atoms in total. The van der Waals surface area contributed by atoms with Crippen LogP contribution in [0.4, 0.5) is 0 Å². The SMILES string of the molecule is CCC12CC(O)C(c3ccccc3)(C(O)C1)C(O)C2. The van der Waals surface area contributed by atoms with Gasteiger partial charge in [0.1, 0.15) is 0 Å². The predicted octanol–water partition coefficient (Wildman–Crippen LogP) is 1.60. The van der Waals surface area contributed by atoms with Gasteiger partial charge in [-0.15, -0.1) is 0 Å². The molecule has 3 N–H and O–H groups in total. The second-order valence-electron chi connectivity index (χ2n) is 6.31. The summed E-state index contributed by atoms with van der Waals surface area (Å²) in [6.07, 6.45) is 0.876. The zero-order valence-electron chi connectivity index (χ0n) is 11.3. The van der Waals surface area contributed by atoms with E-state index in [1.807, 2.05) is 30.3 Å². The summed E-state index contributed by atoms with van der Waals surface area (Å²) in [6, 6.07) is 9.51. The average Bonchev–Trinajstić information content (AvgIpc) is 2.39. The molecule has 19 heavy (non-hydrogen) atoms. The topological polar surface area (TPSA) is 60.7 Å². The Morgan fingerprint density at radius 1 is 0.947 bits per heavy atom. The largest absolute Gasteiger partial charge is 0.392 e. The number of hydrogen-bond donors (Lipinski definition) is 3. The van der Waals surface area contributed by atoms with Crippen LogP contribution in [0.2, 0.25) is 0 Å². The van der Waals surface area contributed by atoms with Crippen LogP contribution in [0, 0.1) is 5.41 Å². The maximum absolute atomic E-state index is 10.6. The summed E-state index contributed by atoms with van der Waals surface area (Å²) in [6.45, 7) is 2.08. The first-order chi connectivity index (χ1) is 9.05. The lowest BCUT2D eigenvalue weighted by atomic mass is 9.47. The van der Waals surface area contributed by atoms with E-state index in [9.17, 15) is 15.3 Å². The molecule has 0 saturated heterocycles. The number of aliphatic hydroxyl groups excluding tert-OH is 3. The molecule has 0 heterocycles. The summed E-state index contributed by atoms with van der Waals surface area (Å²) < 4.78 is 0. The van der Waals surface area contributed by atoms with Gasteiger partial charge in [0.15, 0.2) is 0 Å². The van der Waals surface area contributed by atoms with Crippen LogP contribution in [0.25, 0.3) is 0 Å². The third-order valence-corrected chi connectivity index (χ3v) is 5.56. The first-order valence-electron chi connectivity index (χ1n) is 7.15. The second kappa shape index (κ2) is 4.30. The molecular weight excluding hydrogens is 240 g/mol. The average molecular weight is 262 g/mol. The van der Waals surface area contributed by atoms with E-state index in [4.69, 9.17) is 0 Å². The Balaban J connectivity index is 2.10. The van der Waals surface area contributed by atoms with Crippen molar-refractivity contribution < 1.29 is 15.3 Å². The van der Waals surface area contributed by atoms with E-state index < -0.39 is 23.7 Å². The molecular formula is C16H22O3. The van der Waals surface area contributed by atoms with E-state index in [1.54, 1.807) is 0 Å². The van der Waals surface area contributed by atoms with Gasteiger partial charge in [-0.1, -0.05) is 43.7 Å². The van der Waals surface area contributed by atoms with Crippen molar-refractivity contribution in [2.45, 2.75) is 56.3 Å². The van der Waals surface area contributed by atoms with E-state index in [0.717, 1.165) is 12.0 Å². The molecule has 0 radical (unpaired) electrons. The zero-order valence-corrected chi connectivity index (χ0v) is 11.3. The lowest BCUT2D eigenvalue weighted by Gasteiger charge is -2.61. The number of hydrogen-bond acceptors (Lipinski definition) is 3. The van der Waals surface area contributed by atoms with Gasteiger partial charge in [-0.3, -0.25) is 0 Å². The van der Waals surface area contributed by atoms with E-state index in [0.29, 0.717) is 19.3 Å². The number of aliphatic hydroxyl groups is 3. The fourth-order valence-electron chi connectivity index (χ4n) is 4.39. The van der Waals surface area contributed by atoms with E-state index >= 15 is 0 Å². The third-order valence-electron chi connectivity index (χ3n) is 5.56. The van der Waals surface area contributed by atoms with Gasteiger partial charge < -0.3 is 15.3 Å². The van der Waals surface area contributed by atoms with Crippen molar-refractivity contribution in [2.24, 2.45) is 5.41 Å². The van der Waals surface area contributed by atoms with Crippen molar-refractivity contribution >= 4 is 0 Å². The van der Waals surface area contributed by atoms with E-state index in [1.165, 1.54) is 0 Å². The zero-order chi connectivity index (χ0) is 13.7. The standard InChI is InChI=1S/C16H22O3/c1-2-15-8-12(17)16(13(18)9-15,14(19)10-15)11-6-4-3-5-7-11/h3-7,12-14,17-19H,2,8-10H2,1H3. The molecule has 3 heteroatoms. The molecule has 0 aliphatic heterocycles. The van der Waals surface area contributed by atoms with Crippen LogP contribution in [0.15, 0.2) is 30.3 Å². The quantitative estimate of drug-likeness (QED) is 0.758. The molecule has 3 unspecified atom stereocenters. The fourth-order valence-corrected chi connectivity index (χ4v) is 4.39. The second-order valence-corrected chi connectivity index (χ2v) is 6.31. The highest BCUT2D eigenvalue weighted by molar-refractivity contribution is 5.35. The first-order valence-corrected chi connectivity index (χ1v) is 7.15. The Bertz CT molecular complexity index is 422. The minimum Gasteiger partial charge on any atom is -0.392 e.